The number of nitrogens with zero attached hydrogens (tertiary/aromatic N) is 4. The zero-order chi connectivity index (χ0) is 25.7. The number of terminal acetylenes is 1. The molecule has 37 heavy (non-hydrogen) atoms. The minimum absolute atomic E-state index is 0.00758. The van der Waals surface area contributed by atoms with Crippen LogP contribution in [0.1, 0.15) is 24.8 Å². The van der Waals surface area contributed by atoms with E-state index in [1.807, 2.05) is 23.1 Å². The van der Waals surface area contributed by atoms with Crippen LogP contribution in [0.15, 0.2) is 89.9 Å². The molecule has 180 valence electrons. The Morgan fingerprint density at radius 3 is 2.43 bits per heavy atom. The maximum Gasteiger partial charge on any atom is 0.248 e. The van der Waals surface area contributed by atoms with Gasteiger partial charge >= 0.3 is 0 Å². The number of ketones is 1. The van der Waals surface area contributed by atoms with Crippen LogP contribution in [0, 0.1) is 29.5 Å². The number of aromatic nitrogens is 1. The van der Waals surface area contributed by atoms with E-state index in [-0.39, 0.29) is 24.3 Å². The average Bonchev–Trinajstić information content (AvgIpc) is 3.52. The number of benzene rings is 2. The van der Waals surface area contributed by atoms with Crippen molar-refractivity contribution in [3.05, 3.63) is 101 Å². The Bertz CT molecular complexity index is 1600. The Morgan fingerprint density at radius 1 is 1.00 bits per heavy atom. The Morgan fingerprint density at radius 2 is 1.73 bits per heavy atom. The van der Waals surface area contributed by atoms with Crippen LogP contribution >= 0.6 is 0 Å². The molecule has 3 aromatic rings. The Balaban J connectivity index is 1.78. The second-order valence-electron chi connectivity index (χ2n) is 9.17. The summed E-state index contributed by atoms with van der Waals surface area (Å²) in [5.41, 5.74) is 1.17. The maximum atomic E-state index is 14.5. The van der Waals surface area contributed by atoms with E-state index < -0.39 is 17.1 Å². The predicted molar refractivity (Wildman–Crippen MR) is 137 cm³/mol. The van der Waals surface area contributed by atoms with Crippen LogP contribution < -0.4 is 9.80 Å². The highest BCUT2D eigenvalue weighted by Gasteiger charge is 2.62. The normalized spacial score (nSPS) is 20.7. The van der Waals surface area contributed by atoms with Crippen molar-refractivity contribution in [2.75, 3.05) is 16.3 Å². The topological polar surface area (TPSA) is 69.3 Å². The van der Waals surface area contributed by atoms with E-state index in [2.05, 4.69) is 12.0 Å². The minimum Gasteiger partial charge on any atom is -0.309 e. The van der Waals surface area contributed by atoms with E-state index >= 15 is 0 Å². The molecule has 1 aliphatic carbocycles. The van der Waals surface area contributed by atoms with E-state index in [0.29, 0.717) is 46.9 Å². The molecule has 1 aromatic heterocycles. The van der Waals surface area contributed by atoms with Gasteiger partial charge in [0.15, 0.2) is 5.78 Å². The van der Waals surface area contributed by atoms with Gasteiger partial charge in [-0.3, -0.25) is 19.4 Å². The third-order valence-corrected chi connectivity index (χ3v) is 7.30. The average molecular weight is 489 g/mol. The summed E-state index contributed by atoms with van der Waals surface area (Å²) in [5, 5.41) is 10.8. The van der Waals surface area contributed by atoms with Crippen molar-refractivity contribution in [3.63, 3.8) is 0 Å². The van der Waals surface area contributed by atoms with Crippen molar-refractivity contribution in [2.45, 2.75) is 24.7 Å². The van der Waals surface area contributed by atoms with Gasteiger partial charge in [-0.05, 0) is 55.3 Å². The molecule has 2 aromatic carbocycles. The molecule has 3 aliphatic rings. The van der Waals surface area contributed by atoms with Crippen LogP contribution in [0.2, 0.25) is 0 Å². The molecule has 6 rings (SSSR count). The van der Waals surface area contributed by atoms with Crippen molar-refractivity contribution in [3.8, 4) is 18.4 Å². The summed E-state index contributed by atoms with van der Waals surface area (Å²) in [7, 11) is 0. The lowest BCUT2D eigenvalue weighted by molar-refractivity contribution is -0.124. The van der Waals surface area contributed by atoms with E-state index in [9.17, 15) is 19.2 Å². The lowest BCUT2D eigenvalue weighted by Gasteiger charge is -2.45. The molecule has 0 saturated carbocycles. The number of carbonyl (C=O) groups excluding carboxylic acids is 2. The second kappa shape index (κ2) is 8.36. The molecule has 0 radical (unpaired) electrons. The highest BCUT2D eigenvalue weighted by molar-refractivity contribution is 6.22. The summed E-state index contributed by atoms with van der Waals surface area (Å²) >= 11 is 0. The van der Waals surface area contributed by atoms with Gasteiger partial charge in [0, 0.05) is 47.0 Å². The van der Waals surface area contributed by atoms with Gasteiger partial charge < -0.3 is 4.57 Å². The van der Waals surface area contributed by atoms with E-state index in [4.69, 9.17) is 6.42 Å². The number of amides is 1. The molecule has 0 unspecified atom stereocenters. The predicted octanol–water partition coefficient (Wildman–Crippen LogP) is 4.76. The largest absolute Gasteiger partial charge is 0.309 e. The molecule has 1 amide bonds. The van der Waals surface area contributed by atoms with Crippen LogP contribution in [0.3, 0.4) is 0 Å². The number of carbonyl (C=O) groups is 2. The SMILES string of the molecule is C#CCN1C(=O)[C@]2(C(C#N)=C(n3cccc3)N(c3ccc(F)cc3)C3=C2C(=O)CCC3)c2ccccc21. The number of fused-ring (bicyclic) bond motifs is 3. The molecule has 3 heterocycles. The van der Waals surface area contributed by atoms with Gasteiger partial charge in [0.25, 0.3) is 0 Å². The summed E-state index contributed by atoms with van der Waals surface area (Å²) in [5.74, 6) is 1.99. The monoisotopic (exact) mass is 488 g/mol. The van der Waals surface area contributed by atoms with Gasteiger partial charge in [-0.2, -0.15) is 5.26 Å². The van der Waals surface area contributed by atoms with Gasteiger partial charge in [-0.25, -0.2) is 4.39 Å². The van der Waals surface area contributed by atoms with Gasteiger partial charge in [-0.15, -0.1) is 6.42 Å². The Hall–Kier alpha value is -4.88. The number of hydrogen-bond acceptors (Lipinski definition) is 4. The smallest absolute Gasteiger partial charge is 0.248 e. The molecule has 1 atom stereocenters. The van der Waals surface area contributed by atoms with E-state index in [0.717, 1.165) is 0 Å². The minimum atomic E-state index is -1.63. The lowest BCUT2D eigenvalue weighted by Crippen LogP contribution is -2.51. The molecule has 0 bridgehead atoms. The van der Waals surface area contributed by atoms with Crippen molar-refractivity contribution in [1.82, 2.24) is 4.57 Å². The molecule has 1 spiro atoms. The second-order valence-corrected chi connectivity index (χ2v) is 9.17. The van der Waals surface area contributed by atoms with Gasteiger partial charge in [0.05, 0.1) is 12.1 Å². The zero-order valence-electron chi connectivity index (χ0n) is 19.8. The molecule has 0 N–H and O–H groups in total. The number of allylic oxidation sites excluding steroid dienone is 1. The Kier molecular flexibility index (Phi) is 5.10. The van der Waals surface area contributed by atoms with E-state index in [1.54, 1.807) is 47.3 Å². The van der Waals surface area contributed by atoms with Crippen LogP contribution in [0.5, 0.6) is 0 Å². The van der Waals surface area contributed by atoms with Crippen molar-refractivity contribution < 1.29 is 14.0 Å². The summed E-state index contributed by atoms with van der Waals surface area (Å²) < 4.78 is 15.7. The van der Waals surface area contributed by atoms with Gasteiger partial charge in [0.2, 0.25) is 5.91 Å². The Labute approximate surface area is 213 Å². The first-order valence-corrected chi connectivity index (χ1v) is 12.0. The number of para-hydroxylation sites is 1. The molecular weight excluding hydrogens is 467 g/mol. The summed E-state index contributed by atoms with van der Waals surface area (Å²) in [6.45, 7) is 0.00758. The molecular formula is C30H21FN4O2. The first-order chi connectivity index (χ1) is 18.0. The molecule has 0 fully saturated rings. The molecule has 7 heteroatoms. The molecule has 6 nitrogen and oxygen atoms in total. The third kappa shape index (κ3) is 2.98. The summed E-state index contributed by atoms with van der Waals surface area (Å²) in [6.07, 6.45) is 10.6. The number of halogens is 1. The van der Waals surface area contributed by atoms with Gasteiger partial charge in [-0.1, -0.05) is 24.1 Å². The fraction of sp³-hybridized carbons (Fsp3) is 0.167. The number of hydrogen-bond donors (Lipinski definition) is 0. The number of anilines is 2. The highest BCUT2D eigenvalue weighted by Crippen LogP contribution is 2.58. The van der Waals surface area contributed by atoms with E-state index in [1.165, 1.54) is 17.0 Å². The van der Waals surface area contributed by atoms with Crippen molar-refractivity contribution in [1.29, 1.82) is 5.26 Å². The fourth-order valence-corrected chi connectivity index (χ4v) is 5.92. The number of rotatable bonds is 3. The van der Waals surface area contributed by atoms with Crippen LogP contribution in [0.4, 0.5) is 15.8 Å². The summed E-state index contributed by atoms with van der Waals surface area (Å²) in [4.78, 5) is 31.6. The first kappa shape index (κ1) is 22.6. The lowest BCUT2D eigenvalue weighted by atomic mass is 9.63. The molecule has 0 saturated heterocycles. The van der Waals surface area contributed by atoms with Crippen molar-refractivity contribution in [2.24, 2.45) is 0 Å². The third-order valence-electron chi connectivity index (χ3n) is 7.30. The standard InChI is InChI=1S/C30H21FN4O2/c1-2-16-34-24-9-4-3-8-22(24)30(29(34)37)23(19-32)28(33-17-5-6-18-33)35(21-14-12-20(31)13-15-21)25-10-7-11-26(36)27(25)30/h1,3-6,8-9,12-15,17-18H,7,10-11,16H2/t30-/m0/s1. The van der Waals surface area contributed by atoms with Gasteiger partial charge in [0.1, 0.15) is 23.1 Å². The maximum absolute atomic E-state index is 14.5. The summed E-state index contributed by atoms with van der Waals surface area (Å²) in [6, 6.07) is 19.1. The van der Waals surface area contributed by atoms with Crippen LogP contribution in [0.25, 0.3) is 5.82 Å². The number of Topliss-reactive ketones (excluding diaryl/α,β-unsaturated/α-hetero) is 1. The fourth-order valence-electron chi connectivity index (χ4n) is 5.92. The first-order valence-electron chi connectivity index (χ1n) is 12.0. The van der Waals surface area contributed by atoms with Crippen molar-refractivity contribution >= 4 is 28.9 Å². The molecule has 2 aliphatic heterocycles. The van der Waals surface area contributed by atoms with Crippen LogP contribution in [-0.2, 0) is 15.0 Å². The highest BCUT2D eigenvalue weighted by atomic mass is 19.1. The zero-order valence-corrected chi connectivity index (χ0v) is 19.8. The number of nitriles is 1. The van der Waals surface area contributed by atoms with Crippen LogP contribution in [-0.4, -0.2) is 22.8 Å². The quantitative estimate of drug-likeness (QED) is 0.499.